The Balaban J connectivity index is 2.34. The lowest BCUT2D eigenvalue weighted by atomic mass is 9.95. The van der Waals surface area contributed by atoms with Gasteiger partial charge in [0.05, 0.1) is 5.60 Å². The topological polar surface area (TPSA) is 21.3 Å². The van der Waals surface area contributed by atoms with Gasteiger partial charge in [0.25, 0.3) is 0 Å². The molecule has 0 radical (unpaired) electrons. The lowest BCUT2D eigenvalue weighted by Crippen LogP contribution is -2.39. The van der Waals surface area contributed by atoms with Gasteiger partial charge >= 0.3 is 0 Å². The van der Waals surface area contributed by atoms with Gasteiger partial charge in [-0.1, -0.05) is 6.92 Å². The molecule has 1 N–H and O–H groups in total. The zero-order valence-electron chi connectivity index (χ0n) is 10.1. The van der Waals surface area contributed by atoms with Crippen molar-refractivity contribution in [2.24, 2.45) is 5.92 Å². The van der Waals surface area contributed by atoms with E-state index in [9.17, 15) is 0 Å². The molecule has 84 valence electrons. The molecule has 1 saturated carbocycles. The summed E-state index contributed by atoms with van der Waals surface area (Å²) in [6.45, 7) is 7.71. The van der Waals surface area contributed by atoms with Gasteiger partial charge in [-0.25, -0.2) is 0 Å². The van der Waals surface area contributed by atoms with Gasteiger partial charge in [0, 0.05) is 13.2 Å². The molecule has 0 bridgehead atoms. The quantitative estimate of drug-likeness (QED) is 0.680. The fourth-order valence-corrected chi connectivity index (χ4v) is 1.85. The lowest BCUT2D eigenvalue weighted by Gasteiger charge is -2.29. The fraction of sp³-hybridized carbons (Fsp3) is 1.00. The van der Waals surface area contributed by atoms with E-state index in [1.54, 1.807) is 0 Å². The molecule has 0 amide bonds. The first-order valence-electron chi connectivity index (χ1n) is 5.87. The van der Waals surface area contributed by atoms with Gasteiger partial charge in [-0.15, -0.1) is 0 Å². The first-order valence-corrected chi connectivity index (χ1v) is 5.87. The highest BCUT2D eigenvalue weighted by Gasteiger charge is 2.34. The second kappa shape index (κ2) is 5.13. The average Bonchev–Trinajstić information content (AvgIpc) is 2.95. The van der Waals surface area contributed by atoms with E-state index in [0.29, 0.717) is 6.04 Å². The summed E-state index contributed by atoms with van der Waals surface area (Å²) < 4.78 is 5.49. The Morgan fingerprint density at radius 3 is 2.50 bits per heavy atom. The number of ether oxygens (including phenoxy) is 1. The van der Waals surface area contributed by atoms with Gasteiger partial charge in [0.1, 0.15) is 0 Å². The van der Waals surface area contributed by atoms with Gasteiger partial charge in [0.15, 0.2) is 0 Å². The molecule has 2 heteroatoms. The van der Waals surface area contributed by atoms with Crippen LogP contribution in [0.3, 0.4) is 0 Å². The molecule has 0 aliphatic heterocycles. The van der Waals surface area contributed by atoms with Crippen molar-refractivity contribution in [3.63, 3.8) is 0 Å². The van der Waals surface area contributed by atoms with Crippen molar-refractivity contribution in [1.82, 2.24) is 5.32 Å². The highest BCUT2D eigenvalue weighted by atomic mass is 16.5. The first kappa shape index (κ1) is 12.0. The van der Waals surface area contributed by atoms with Crippen LogP contribution in [0, 0.1) is 5.92 Å². The van der Waals surface area contributed by atoms with Crippen LogP contribution >= 0.6 is 0 Å². The predicted molar refractivity (Wildman–Crippen MR) is 60.5 cm³/mol. The summed E-state index contributed by atoms with van der Waals surface area (Å²) in [6, 6.07) is 0.671. The highest BCUT2D eigenvalue weighted by Crippen LogP contribution is 2.36. The molecule has 2 nitrogen and oxygen atoms in total. The Kier molecular flexibility index (Phi) is 4.39. The van der Waals surface area contributed by atoms with Crippen molar-refractivity contribution in [2.45, 2.75) is 58.1 Å². The maximum Gasteiger partial charge on any atom is 0.0637 e. The summed E-state index contributed by atoms with van der Waals surface area (Å²) in [6.07, 6.45) is 5.16. The molecule has 0 saturated heterocycles. The van der Waals surface area contributed by atoms with E-state index in [1.807, 2.05) is 7.11 Å². The van der Waals surface area contributed by atoms with E-state index in [0.717, 1.165) is 18.9 Å². The molecule has 0 heterocycles. The van der Waals surface area contributed by atoms with Gasteiger partial charge in [-0.05, 0) is 52.0 Å². The maximum absolute atomic E-state index is 5.49. The van der Waals surface area contributed by atoms with Crippen LogP contribution in [0.15, 0.2) is 0 Å². The van der Waals surface area contributed by atoms with Gasteiger partial charge in [0.2, 0.25) is 0 Å². The largest absolute Gasteiger partial charge is 0.379 e. The molecule has 1 unspecified atom stereocenters. The maximum atomic E-state index is 5.49. The van der Waals surface area contributed by atoms with E-state index in [2.05, 4.69) is 26.1 Å². The summed E-state index contributed by atoms with van der Waals surface area (Å²) in [5, 5.41) is 3.64. The van der Waals surface area contributed by atoms with Crippen LogP contribution in [-0.2, 0) is 4.74 Å². The van der Waals surface area contributed by atoms with Crippen molar-refractivity contribution < 1.29 is 4.74 Å². The Hall–Kier alpha value is -0.0800. The number of hydrogen-bond acceptors (Lipinski definition) is 2. The minimum absolute atomic E-state index is 0.0218. The summed E-state index contributed by atoms with van der Waals surface area (Å²) in [5.74, 6) is 0.913. The second-order valence-corrected chi connectivity index (χ2v) is 5.07. The zero-order chi connectivity index (χ0) is 10.6. The van der Waals surface area contributed by atoms with Crippen molar-refractivity contribution in [3.8, 4) is 0 Å². The van der Waals surface area contributed by atoms with E-state index >= 15 is 0 Å². The number of nitrogens with one attached hydrogen (secondary N) is 1. The van der Waals surface area contributed by atoms with Crippen LogP contribution in [0.1, 0.15) is 46.5 Å². The monoisotopic (exact) mass is 199 g/mol. The minimum atomic E-state index is 0.0218. The molecular weight excluding hydrogens is 174 g/mol. The van der Waals surface area contributed by atoms with Gasteiger partial charge in [-0.3, -0.25) is 0 Å². The van der Waals surface area contributed by atoms with Crippen LogP contribution in [0.5, 0.6) is 0 Å². The van der Waals surface area contributed by atoms with Crippen LogP contribution in [0.25, 0.3) is 0 Å². The van der Waals surface area contributed by atoms with Crippen LogP contribution < -0.4 is 5.32 Å². The Morgan fingerprint density at radius 2 is 2.07 bits per heavy atom. The normalized spacial score (nSPS) is 19.7. The minimum Gasteiger partial charge on any atom is -0.379 e. The van der Waals surface area contributed by atoms with E-state index in [4.69, 9.17) is 4.74 Å². The molecule has 0 aromatic rings. The average molecular weight is 199 g/mol. The molecule has 0 aromatic carbocycles. The van der Waals surface area contributed by atoms with Gasteiger partial charge in [-0.2, -0.15) is 0 Å². The Morgan fingerprint density at radius 1 is 1.43 bits per heavy atom. The SMILES string of the molecule is CCCNC(CC(C)(C)OC)C1CC1. The number of rotatable bonds is 7. The van der Waals surface area contributed by atoms with Crippen molar-refractivity contribution in [2.75, 3.05) is 13.7 Å². The Labute approximate surface area is 88.4 Å². The molecule has 1 fully saturated rings. The third-order valence-electron chi connectivity index (χ3n) is 3.11. The summed E-state index contributed by atoms with van der Waals surface area (Å²) in [5.41, 5.74) is 0.0218. The van der Waals surface area contributed by atoms with Gasteiger partial charge < -0.3 is 10.1 Å². The molecule has 1 aliphatic carbocycles. The highest BCUT2D eigenvalue weighted by molar-refractivity contribution is 4.90. The van der Waals surface area contributed by atoms with Crippen LogP contribution in [-0.4, -0.2) is 25.3 Å². The molecule has 14 heavy (non-hydrogen) atoms. The summed E-state index contributed by atoms with van der Waals surface area (Å²) >= 11 is 0. The summed E-state index contributed by atoms with van der Waals surface area (Å²) in [7, 11) is 1.81. The molecule has 1 aliphatic rings. The van der Waals surface area contributed by atoms with E-state index in [1.165, 1.54) is 19.3 Å². The summed E-state index contributed by atoms with van der Waals surface area (Å²) in [4.78, 5) is 0. The second-order valence-electron chi connectivity index (χ2n) is 5.07. The first-order chi connectivity index (χ1) is 6.59. The molecule has 0 spiro atoms. The number of methoxy groups -OCH3 is 1. The lowest BCUT2D eigenvalue weighted by molar-refractivity contribution is 0.00517. The van der Waals surface area contributed by atoms with E-state index < -0.39 is 0 Å². The van der Waals surface area contributed by atoms with Crippen molar-refractivity contribution in [1.29, 1.82) is 0 Å². The zero-order valence-corrected chi connectivity index (χ0v) is 10.1. The standard InChI is InChI=1S/C12H25NO/c1-5-8-13-11(10-6-7-10)9-12(2,3)14-4/h10-11,13H,5-9H2,1-4H3. The van der Waals surface area contributed by atoms with Crippen LogP contribution in [0.4, 0.5) is 0 Å². The Bertz CT molecular complexity index is 164. The fourth-order valence-electron chi connectivity index (χ4n) is 1.85. The van der Waals surface area contributed by atoms with E-state index in [-0.39, 0.29) is 5.60 Å². The smallest absolute Gasteiger partial charge is 0.0637 e. The van der Waals surface area contributed by atoms with Crippen molar-refractivity contribution >= 4 is 0 Å². The van der Waals surface area contributed by atoms with Crippen molar-refractivity contribution in [3.05, 3.63) is 0 Å². The van der Waals surface area contributed by atoms with Crippen LogP contribution in [0.2, 0.25) is 0 Å². The third-order valence-corrected chi connectivity index (χ3v) is 3.11. The number of hydrogen-bond donors (Lipinski definition) is 1. The third kappa shape index (κ3) is 3.97. The molecule has 0 aromatic heterocycles. The molecular formula is C12H25NO. The molecule has 1 rings (SSSR count). The predicted octanol–water partition coefficient (Wildman–Crippen LogP) is 2.58. The molecule has 1 atom stereocenters.